The van der Waals surface area contributed by atoms with Crippen LogP contribution < -0.4 is 0 Å². The van der Waals surface area contributed by atoms with Crippen molar-refractivity contribution in [1.29, 1.82) is 0 Å². The van der Waals surface area contributed by atoms with Crippen molar-refractivity contribution in [3.05, 3.63) is 211 Å². The molecule has 0 radical (unpaired) electrons. The molecule has 2 nitrogen and oxygen atoms in total. The average Bonchev–Trinajstić information content (AvgIpc) is 3.75. The van der Waals surface area contributed by atoms with Gasteiger partial charge in [-0.2, -0.15) is 0 Å². The van der Waals surface area contributed by atoms with E-state index in [2.05, 4.69) is 216 Å². The summed E-state index contributed by atoms with van der Waals surface area (Å²) in [6.45, 7) is 6.12. The fourth-order valence-corrected chi connectivity index (χ4v) is 7.53. The number of rotatable bonds is 7. The van der Waals surface area contributed by atoms with Crippen molar-refractivity contribution in [1.82, 2.24) is 9.13 Å². The van der Waals surface area contributed by atoms with Crippen molar-refractivity contribution in [3.63, 3.8) is 0 Å². The molecule has 9 aromatic rings. The molecule has 0 aliphatic heterocycles. The van der Waals surface area contributed by atoms with Gasteiger partial charge in [-0.1, -0.05) is 166 Å². The third kappa shape index (κ3) is 6.30. The van der Waals surface area contributed by atoms with Crippen molar-refractivity contribution in [2.45, 2.75) is 20.8 Å². The number of fused-ring (bicyclic) bond motifs is 6. The van der Waals surface area contributed by atoms with Gasteiger partial charge in [0.15, 0.2) is 0 Å². The Morgan fingerprint density at radius 2 is 0.811 bits per heavy atom. The molecule has 7 aromatic carbocycles. The number of allylic oxidation sites excluding steroid dienone is 5. The van der Waals surface area contributed by atoms with Crippen LogP contribution in [0.1, 0.15) is 37.5 Å². The Kier molecular flexibility index (Phi) is 9.43. The molecule has 256 valence electrons. The highest BCUT2D eigenvalue weighted by atomic mass is 15.0. The molecule has 0 unspecified atom stereocenters. The summed E-state index contributed by atoms with van der Waals surface area (Å²) in [5.41, 5.74) is 12.8. The first-order chi connectivity index (χ1) is 26.3. The van der Waals surface area contributed by atoms with E-state index in [1.165, 1.54) is 54.7 Å². The number of nitrogens with zero attached hydrogens (tertiary/aromatic N) is 2. The lowest BCUT2D eigenvalue weighted by molar-refractivity contribution is 1.13. The van der Waals surface area contributed by atoms with Gasteiger partial charge in [0, 0.05) is 32.9 Å². The lowest BCUT2D eigenvalue weighted by Crippen LogP contribution is -2.01. The summed E-state index contributed by atoms with van der Waals surface area (Å²) in [5, 5.41) is 4.99. The van der Waals surface area contributed by atoms with Gasteiger partial charge in [0.2, 0.25) is 0 Å². The van der Waals surface area contributed by atoms with Gasteiger partial charge in [-0.15, -0.1) is 0 Å². The van der Waals surface area contributed by atoms with Crippen LogP contribution >= 0.6 is 0 Å². The van der Waals surface area contributed by atoms with Crippen LogP contribution in [0.3, 0.4) is 0 Å². The zero-order valence-electron chi connectivity index (χ0n) is 30.4. The lowest BCUT2D eigenvalue weighted by atomic mass is 9.96. The maximum absolute atomic E-state index is 2.43. The Morgan fingerprint density at radius 3 is 1.25 bits per heavy atom. The highest BCUT2D eigenvalue weighted by Gasteiger charge is 2.17. The quantitative estimate of drug-likeness (QED) is 0.148. The number of aromatic nitrogens is 2. The van der Waals surface area contributed by atoms with E-state index in [0.717, 1.165) is 28.1 Å². The molecule has 0 aliphatic carbocycles. The number of para-hydroxylation sites is 4. The first-order valence-electron chi connectivity index (χ1n) is 18.6. The Balaban J connectivity index is 0.00000197. The highest BCUT2D eigenvalue weighted by molar-refractivity contribution is 6.10. The molecule has 0 atom stereocenters. The number of hydrogen-bond donors (Lipinski definition) is 0. The van der Waals surface area contributed by atoms with Crippen LogP contribution in [0.4, 0.5) is 0 Å². The average molecular weight is 683 g/mol. The van der Waals surface area contributed by atoms with E-state index >= 15 is 0 Å². The van der Waals surface area contributed by atoms with Gasteiger partial charge < -0.3 is 9.13 Å². The molecule has 2 heteroatoms. The SMILES string of the molecule is CC.C\C=C(/C=C(\C=C\c1ccccc1)c1cc(-n2c3ccccc3c3ccccc32)cc(-n2c3ccccc3c3ccccc32)c1)c1ccccc1. The predicted molar refractivity (Wildman–Crippen MR) is 230 cm³/mol. The number of benzene rings is 7. The van der Waals surface area contributed by atoms with E-state index in [-0.39, 0.29) is 0 Å². The van der Waals surface area contributed by atoms with Crippen LogP contribution in [0.25, 0.3) is 72.2 Å². The summed E-state index contributed by atoms with van der Waals surface area (Å²) in [6, 6.07) is 63.3. The molecular weight excluding hydrogens is 641 g/mol. The van der Waals surface area contributed by atoms with Crippen molar-refractivity contribution < 1.29 is 0 Å². The lowest BCUT2D eigenvalue weighted by Gasteiger charge is -2.17. The highest BCUT2D eigenvalue weighted by Crippen LogP contribution is 2.37. The molecule has 0 bridgehead atoms. The monoisotopic (exact) mass is 682 g/mol. The van der Waals surface area contributed by atoms with Gasteiger partial charge in [0.05, 0.1) is 22.1 Å². The first kappa shape index (κ1) is 33.5. The molecule has 0 saturated carbocycles. The molecule has 0 N–H and O–H groups in total. The molecule has 9 rings (SSSR count). The second-order valence-corrected chi connectivity index (χ2v) is 12.9. The number of hydrogen-bond acceptors (Lipinski definition) is 0. The molecule has 0 fully saturated rings. The zero-order valence-corrected chi connectivity index (χ0v) is 30.4. The van der Waals surface area contributed by atoms with Gasteiger partial charge in [-0.3, -0.25) is 0 Å². The van der Waals surface area contributed by atoms with Crippen molar-refractivity contribution in [3.8, 4) is 11.4 Å². The molecule has 2 aromatic heterocycles. The minimum Gasteiger partial charge on any atom is -0.309 e. The van der Waals surface area contributed by atoms with Crippen LogP contribution in [0.15, 0.2) is 194 Å². The molecular formula is C51H42N2. The maximum Gasteiger partial charge on any atom is 0.0541 e. The first-order valence-corrected chi connectivity index (χ1v) is 18.6. The standard InChI is InChI=1S/C49H36N2.C2H6/c1-2-36(37-19-7-4-8-20-37)31-38(30-29-35-17-5-3-6-18-35)39-32-40(50-46-25-13-9-21-42(46)43-22-10-14-26-47(43)50)34-41(33-39)51-48-27-15-11-23-44(48)45-24-12-16-28-49(45)51;1-2/h2-34H,1H3;1-2H3/b30-29+,36-2+,38-31+;. The molecule has 2 heterocycles. The zero-order chi connectivity index (χ0) is 36.1. The van der Waals surface area contributed by atoms with Gasteiger partial charge >= 0.3 is 0 Å². The molecule has 0 amide bonds. The second kappa shape index (κ2) is 14.9. The summed E-state index contributed by atoms with van der Waals surface area (Å²) >= 11 is 0. The summed E-state index contributed by atoms with van der Waals surface area (Å²) in [4.78, 5) is 0. The minimum atomic E-state index is 1.11. The predicted octanol–water partition coefficient (Wildman–Crippen LogP) is 14.1. The largest absolute Gasteiger partial charge is 0.309 e. The summed E-state index contributed by atoms with van der Waals surface area (Å²) in [6.07, 6.45) is 9.02. The Labute approximate surface area is 311 Å². The van der Waals surface area contributed by atoms with E-state index in [1.54, 1.807) is 0 Å². The van der Waals surface area contributed by atoms with Gasteiger partial charge in [0.1, 0.15) is 0 Å². The topological polar surface area (TPSA) is 9.86 Å². The smallest absolute Gasteiger partial charge is 0.0541 e. The van der Waals surface area contributed by atoms with Gasteiger partial charge in [-0.05, 0) is 83.3 Å². The van der Waals surface area contributed by atoms with E-state index in [4.69, 9.17) is 0 Å². The van der Waals surface area contributed by atoms with E-state index in [0.29, 0.717) is 0 Å². The minimum absolute atomic E-state index is 1.11. The fraction of sp³-hybridized carbons (Fsp3) is 0.0588. The fourth-order valence-electron chi connectivity index (χ4n) is 7.53. The van der Waals surface area contributed by atoms with E-state index in [1.807, 2.05) is 13.8 Å². The van der Waals surface area contributed by atoms with Crippen LogP contribution in [0.2, 0.25) is 0 Å². The van der Waals surface area contributed by atoms with Crippen molar-refractivity contribution in [2.24, 2.45) is 0 Å². The third-order valence-corrected chi connectivity index (χ3v) is 9.90. The third-order valence-electron chi connectivity index (χ3n) is 9.90. The summed E-state index contributed by atoms with van der Waals surface area (Å²) in [7, 11) is 0. The molecule has 0 spiro atoms. The Morgan fingerprint density at radius 1 is 0.415 bits per heavy atom. The van der Waals surface area contributed by atoms with Crippen molar-refractivity contribution in [2.75, 3.05) is 0 Å². The second-order valence-electron chi connectivity index (χ2n) is 12.9. The van der Waals surface area contributed by atoms with Crippen LogP contribution in [-0.2, 0) is 0 Å². The Bertz CT molecular complexity index is 2550. The Hall–Kier alpha value is -6.64. The van der Waals surface area contributed by atoms with Gasteiger partial charge in [-0.25, -0.2) is 0 Å². The van der Waals surface area contributed by atoms with Crippen molar-refractivity contribution >= 4 is 60.8 Å². The van der Waals surface area contributed by atoms with E-state index < -0.39 is 0 Å². The molecule has 0 aliphatic rings. The van der Waals surface area contributed by atoms with Crippen LogP contribution in [0, 0.1) is 0 Å². The maximum atomic E-state index is 2.43. The molecule has 0 saturated heterocycles. The normalized spacial score (nSPS) is 12.2. The molecule has 53 heavy (non-hydrogen) atoms. The van der Waals surface area contributed by atoms with Crippen LogP contribution in [-0.4, -0.2) is 9.13 Å². The van der Waals surface area contributed by atoms with Gasteiger partial charge in [0.25, 0.3) is 0 Å². The van der Waals surface area contributed by atoms with E-state index in [9.17, 15) is 0 Å². The summed E-state index contributed by atoms with van der Waals surface area (Å²) in [5.74, 6) is 0. The summed E-state index contributed by atoms with van der Waals surface area (Å²) < 4.78 is 4.86. The van der Waals surface area contributed by atoms with Crippen LogP contribution in [0.5, 0.6) is 0 Å².